The number of rotatable bonds is 18. The summed E-state index contributed by atoms with van der Waals surface area (Å²) in [6.45, 7) is 19.1. The van der Waals surface area contributed by atoms with Gasteiger partial charge in [0.15, 0.2) is 6.61 Å². The van der Waals surface area contributed by atoms with Crippen molar-refractivity contribution in [1.82, 2.24) is 20.2 Å². The predicted molar refractivity (Wildman–Crippen MR) is 211 cm³/mol. The average molecular weight is 753 g/mol. The molecule has 1 saturated heterocycles. The summed E-state index contributed by atoms with van der Waals surface area (Å²) >= 11 is 0. The van der Waals surface area contributed by atoms with Crippen molar-refractivity contribution in [3.05, 3.63) is 65.2 Å². The molecule has 1 aliphatic carbocycles. The molecule has 1 heterocycles. The van der Waals surface area contributed by atoms with E-state index in [-0.39, 0.29) is 35.9 Å². The molecule has 2 aromatic rings. The van der Waals surface area contributed by atoms with Crippen LogP contribution < -0.4 is 10.1 Å². The molecule has 2 aliphatic rings. The van der Waals surface area contributed by atoms with Crippen molar-refractivity contribution in [2.24, 2.45) is 35.0 Å². The normalized spacial score (nSPS) is 27.0. The highest BCUT2D eigenvalue weighted by Gasteiger charge is 2.51. The zero-order valence-corrected chi connectivity index (χ0v) is 34.4. The van der Waals surface area contributed by atoms with E-state index < -0.39 is 36.7 Å². The summed E-state index contributed by atoms with van der Waals surface area (Å²) in [4.78, 5) is 36.5. The van der Waals surface area contributed by atoms with Gasteiger partial charge in [0, 0.05) is 43.2 Å². The van der Waals surface area contributed by atoms with Gasteiger partial charge in [-0.2, -0.15) is 5.06 Å². The van der Waals surface area contributed by atoms with Crippen LogP contribution in [0, 0.1) is 35.0 Å². The van der Waals surface area contributed by atoms with E-state index in [9.17, 15) is 24.9 Å². The van der Waals surface area contributed by atoms with Crippen molar-refractivity contribution in [3.8, 4) is 5.75 Å². The fourth-order valence-corrected chi connectivity index (χ4v) is 8.70. The van der Waals surface area contributed by atoms with E-state index in [1.807, 2.05) is 36.4 Å². The SMILES string of the molecule is CC(C)C[C@@H](CN(C)C)N(Cc1cccc(CN2O[C@@H](CO)[C@@H]([C@H](C)O)[C@H]2C(=O)N[C@H]2C[C@@H](C)C(C)(C)[C@@H](C)[C@@H]2C)c1)Cc1ccccc1OCC(=O)O. The van der Waals surface area contributed by atoms with Crippen LogP contribution in [0.1, 0.15) is 84.9 Å². The Morgan fingerprint density at radius 1 is 1.04 bits per heavy atom. The minimum atomic E-state index is -1.02. The number of hydrogen-bond acceptors (Lipinski definition) is 9. The molecule has 2 aromatic carbocycles. The van der Waals surface area contributed by atoms with Crippen molar-refractivity contribution in [1.29, 1.82) is 0 Å². The van der Waals surface area contributed by atoms with E-state index in [1.165, 1.54) is 0 Å². The van der Waals surface area contributed by atoms with Gasteiger partial charge in [0.2, 0.25) is 5.91 Å². The number of carboxylic acids is 1. The fraction of sp³-hybridized carbons (Fsp3) is 0.674. The predicted octanol–water partition coefficient (Wildman–Crippen LogP) is 5.43. The first kappa shape index (κ1) is 43.7. The summed E-state index contributed by atoms with van der Waals surface area (Å²) in [7, 11) is 4.16. The molecule has 0 unspecified atom stereocenters. The number of nitrogens with zero attached hydrogens (tertiary/aromatic N) is 3. The quantitative estimate of drug-likeness (QED) is 0.156. The number of aliphatic hydroxyl groups excluding tert-OH is 2. The number of aliphatic carboxylic acids is 1. The lowest BCUT2D eigenvalue weighted by Crippen LogP contribution is -2.56. The second kappa shape index (κ2) is 19.2. The number of benzene rings is 2. The van der Waals surface area contributed by atoms with Gasteiger partial charge in [-0.1, -0.05) is 90.9 Å². The molecular weight excluding hydrogens is 684 g/mol. The Kier molecular flexibility index (Phi) is 15.5. The van der Waals surface area contributed by atoms with Gasteiger partial charge in [-0.15, -0.1) is 0 Å². The Hall–Kier alpha value is -3.06. The number of hydroxylamine groups is 2. The monoisotopic (exact) mass is 753 g/mol. The standard InChI is InChI=1S/C43H68N4O7/c1-27(2)18-35(24-45(9)10)46(23-34-16-11-12-17-37(34)53-26-39(50)51)21-32-14-13-15-33(20-32)22-47-41(40(31(6)49)38(25-48)54-47)42(52)44-36-19-28(3)43(7,8)30(5)29(36)4/h11-17,20,27-31,35-36,38,40-41,48-49H,18-19,21-26H2,1-10H3,(H,44,52)(H,50,51)/t28-,29+,30+,31+,35+,36+,38+,40-,41+/m1/s1. The highest BCUT2D eigenvalue weighted by Crippen LogP contribution is 2.47. The van der Waals surface area contributed by atoms with Crippen LogP contribution in [-0.4, -0.2) is 106 Å². The molecule has 4 N–H and O–H groups in total. The van der Waals surface area contributed by atoms with Crippen molar-refractivity contribution >= 4 is 11.9 Å². The van der Waals surface area contributed by atoms with Crippen LogP contribution in [0.15, 0.2) is 48.5 Å². The van der Waals surface area contributed by atoms with Crippen LogP contribution in [0.5, 0.6) is 5.75 Å². The first-order chi connectivity index (χ1) is 25.4. The molecule has 1 saturated carbocycles. The lowest BCUT2D eigenvalue weighted by molar-refractivity contribution is -0.182. The van der Waals surface area contributed by atoms with Crippen molar-refractivity contribution in [2.75, 3.05) is 33.9 Å². The zero-order chi connectivity index (χ0) is 39.9. The molecule has 4 rings (SSSR count). The van der Waals surface area contributed by atoms with Gasteiger partial charge in [0.05, 0.1) is 19.3 Å². The average Bonchev–Trinajstić information content (AvgIpc) is 3.47. The largest absolute Gasteiger partial charge is 0.482 e. The van der Waals surface area contributed by atoms with Crippen LogP contribution in [0.2, 0.25) is 0 Å². The summed E-state index contributed by atoms with van der Waals surface area (Å²) in [5.41, 5.74) is 3.10. The molecule has 0 spiro atoms. The molecule has 2 fully saturated rings. The molecule has 54 heavy (non-hydrogen) atoms. The number of carbonyl (C=O) groups excluding carboxylic acids is 1. The molecule has 1 aliphatic heterocycles. The maximum atomic E-state index is 14.3. The molecule has 9 atom stereocenters. The third-order valence-electron chi connectivity index (χ3n) is 12.4. The summed E-state index contributed by atoms with van der Waals surface area (Å²) < 4.78 is 5.71. The van der Waals surface area contributed by atoms with Crippen LogP contribution in [0.3, 0.4) is 0 Å². The van der Waals surface area contributed by atoms with Gasteiger partial charge in [0.1, 0.15) is 17.9 Å². The van der Waals surface area contributed by atoms with Crippen LogP contribution in [0.4, 0.5) is 0 Å². The van der Waals surface area contributed by atoms with Crippen LogP contribution >= 0.6 is 0 Å². The number of ether oxygens (including phenoxy) is 1. The summed E-state index contributed by atoms with van der Waals surface area (Å²) in [5.74, 6) is 0.311. The lowest BCUT2D eigenvalue weighted by atomic mass is 9.58. The smallest absolute Gasteiger partial charge is 0.341 e. The summed E-state index contributed by atoms with van der Waals surface area (Å²) in [5, 5.41) is 35.6. The maximum Gasteiger partial charge on any atom is 0.341 e. The fourth-order valence-electron chi connectivity index (χ4n) is 8.70. The molecule has 1 amide bonds. The Bertz CT molecular complexity index is 1510. The maximum absolute atomic E-state index is 14.3. The Balaban J connectivity index is 1.61. The third-order valence-corrected chi connectivity index (χ3v) is 12.4. The zero-order valence-electron chi connectivity index (χ0n) is 34.4. The van der Waals surface area contributed by atoms with Gasteiger partial charge < -0.3 is 30.3 Å². The van der Waals surface area contributed by atoms with Gasteiger partial charge in [-0.05, 0) is 80.1 Å². The Labute approximate surface area is 324 Å². The first-order valence-electron chi connectivity index (χ1n) is 19.8. The number of likely N-dealkylation sites (N-methyl/N-ethyl adjacent to an activating group) is 1. The number of para-hydroxylation sites is 1. The molecular formula is C43H68N4O7. The van der Waals surface area contributed by atoms with Crippen molar-refractivity contribution < 1.29 is 34.5 Å². The topological polar surface area (TPSA) is 135 Å². The van der Waals surface area contributed by atoms with Gasteiger partial charge >= 0.3 is 5.97 Å². The number of amides is 1. The van der Waals surface area contributed by atoms with Gasteiger partial charge in [0.25, 0.3) is 0 Å². The first-order valence-corrected chi connectivity index (χ1v) is 19.8. The Morgan fingerprint density at radius 2 is 1.72 bits per heavy atom. The van der Waals surface area contributed by atoms with E-state index in [1.54, 1.807) is 12.0 Å². The van der Waals surface area contributed by atoms with E-state index in [0.29, 0.717) is 43.1 Å². The minimum absolute atomic E-state index is 0.00452. The summed E-state index contributed by atoms with van der Waals surface area (Å²) in [6.07, 6.45) is 0.249. The molecule has 0 bridgehead atoms. The van der Waals surface area contributed by atoms with Gasteiger partial charge in [-0.3, -0.25) is 14.5 Å². The molecule has 0 aromatic heterocycles. The Morgan fingerprint density at radius 3 is 2.35 bits per heavy atom. The van der Waals surface area contributed by atoms with E-state index >= 15 is 0 Å². The molecule has 11 heteroatoms. The van der Waals surface area contributed by atoms with Gasteiger partial charge in [-0.25, -0.2) is 4.79 Å². The number of nitrogens with one attached hydrogen (secondary N) is 1. The van der Waals surface area contributed by atoms with E-state index in [4.69, 9.17) is 9.57 Å². The second-order valence-corrected chi connectivity index (χ2v) is 17.4. The van der Waals surface area contributed by atoms with Crippen LogP contribution in [-0.2, 0) is 34.1 Å². The molecule has 11 nitrogen and oxygen atoms in total. The van der Waals surface area contributed by atoms with Crippen molar-refractivity contribution in [3.63, 3.8) is 0 Å². The third kappa shape index (κ3) is 11.0. The van der Waals surface area contributed by atoms with Crippen molar-refractivity contribution in [2.45, 2.75) is 118 Å². The molecule has 302 valence electrons. The number of hydrogen-bond donors (Lipinski definition) is 4. The van der Waals surface area contributed by atoms with E-state index in [2.05, 4.69) is 89.8 Å². The van der Waals surface area contributed by atoms with E-state index in [0.717, 1.165) is 36.1 Å². The highest BCUT2D eigenvalue weighted by atomic mass is 16.7. The second-order valence-electron chi connectivity index (χ2n) is 17.4. The molecule has 0 radical (unpaired) electrons. The minimum Gasteiger partial charge on any atom is -0.482 e. The number of aliphatic hydroxyl groups is 2. The number of carboxylic acid groups (broad SMARTS) is 1. The highest BCUT2D eigenvalue weighted by molar-refractivity contribution is 5.82. The van der Waals surface area contributed by atoms with Crippen LogP contribution in [0.25, 0.3) is 0 Å². The number of carbonyl (C=O) groups is 2. The summed E-state index contributed by atoms with van der Waals surface area (Å²) in [6, 6.07) is 15.3. The lowest BCUT2D eigenvalue weighted by Gasteiger charge is -2.50.